The van der Waals surface area contributed by atoms with E-state index in [1.54, 1.807) is 6.92 Å². The lowest BCUT2D eigenvalue weighted by Crippen LogP contribution is -2.52. The van der Waals surface area contributed by atoms with Crippen molar-refractivity contribution in [2.24, 2.45) is 0 Å². The summed E-state index contributed by atoms with van der Waals surface area (Å²) in [5.74, 6) is -0.412. The van der Waals surface area contributed by atoms with Crippen molar-refractivity contribution in [1.82, 2.24) is 10.2 Å². The Balaban J connectivity index is 2.43. The zero-order valence-electron chi connectivity index (χ0n) is 19.2. The van der Waals surface area contributed by atoms with Gasteiger partial charge in [-0.1, -0.05) is 48.9 Å². The third-order valence-electron chi connectivity index (χ3n) is 5.04. The molecule has 180 valence electrons. The molecule has 0 bridgehead atoms. The number of nitrogens with one attached hydrogen (secondary N) is 1. The molecule has 8 nitrogen and oxygen atoms in total. The number of carbonyl (C=O) groups excluding carboxylic acids is 2. The Morgan fingerprint density at radius 3 is 2.30 bits per heavy atom. The molecule has 0 aromatic heterocycles. The van der Waals surface area contributed by atoms with Gasteiger partial charge in [0.05, 0.1) is 24.1 Å². The lowest BCUT2D eigenvalue weighted by molar-refractivity contribution is -0.140. The summed E-state index contributed by atoms with van der Waals surface area (Å²) in [6.07, 6.45) is 1.39. The molecular formula is C23H30ClN3O5S. The van der Waals surface area contributed by atoms with Crippen LogP contribution in [0.25, 0.3) is 0 Å². The van der Waals surface area contributed by atoms with E-state index in [4.69, 9.17) is 16.3 Å². The Kier molecular flexibility index (Phi) is 9.55. The molecule has 0 radical (unpaired) electrons. The molecule has 1 N–H and O–H groups in total. The van der Waals surface area contributed by atoms with Crippen LogP contribution in [0.5, 0.6) is 5.75 Å². The summed E-state index contributed by atoms with van der Waals surface area (Å²) >= 11 is 6.18. The highest BCUT2D eigenvalue weighted by molar-refractivity contribution is 7.92. The summed E-state index contributed by atoms with van der Waals surface area (Å²) in [6.45, 7) is 3.71. The molecular weight excluding hydrogens is 466 g/mol. The predicted octanol–water partition coefficient (Wildman–Crippen LogP) is 3.06. The van der Waals surface area contributed by atoms with E-state index in [0.29, 0.717) is 18.7 Å². The van der Waals surface area contributed by atoms with Gasteiger partial charge >= 0.3 is 0 Å². The maximum Gasteiger partial charge on any atom is 0.244 e. The molecule has 0 spiro atoms. The maximum atomic E-state index is 13.5. The molecule has 0 aliphatic heterocycles. The Hall–Kier alpha value is -2.78. The number of carbonyl (C=O) groups is 2. The highest BCUT2D eigenvalue weighted by Gasteiger charge is 2.31. The largest absolute Gasteiger partial charge is 0.495 e. The van der Waals surface area contributed by atoms with Crippen molar-refractivity contribution in [3.8, 4) is 5.75 Å². The van der Waals surface area contributed by atoms with E-state index in [-0.39, 0.29) is 23.2 Å². The van der Waals surface area contributed by atoms with Gasteiger partial charge in [0.15, 0.2) is 0 Å². The molecule has 0 heterocycles. The normalized spacial score (nSPS) is 12.0. The van der Waals surface area contributed by atoms with Crippen LogP contribution in [-0.4, -0.2) is 57.6 Å². The van der Waals surface area contributed by atoms with E-state index in [2.05, 4.69) is 5.32 Å². The van der Waals surface area contributed by atoms with Crippen molar-refractivity contribution in [3.63, 3.8) is 0 Å². The fourth-order valence-corrected chi connectivity index (χ4v) is 4.51. The minimum Gasteiger partial charge on any atom is -0.495 e. The van der Waals surface area contributed by atoms with E-state index in [1.165, 1.54) is 30.2 Å². The Morgan fingerprint density at radius 1 is 1.12 bits per heavy atom. The molecule has 2 aromatic carbocycles. The first-order valence-corrected chi connectivity index (χ1v) is 12.8. The predicted molar refractivity (Wildman–Crippen MR) is 130 cm³/mol. The van der Waals surface area contributed by atoms with Crippen LogP contribution in [0.3, 0.4) is 0 Å². The van der Waals surface area contributed by atoms with Crippen LogP contribution in [0.1, 0.15) is 25.8 Å². The number of ether oxygens (including phenoxy) is 1. The van der Waals surface area contributed by atoms with Crippen LogP contribution in [0.4, 0.5) is 5.69 Å². The van der Waals surface area contributed by atoms with E-state index in [1.807, 2.05) is 37.3 Å². The summed E-state index contributed by atoms with van der Waals surface area (Å²) in [4.78, 5) is 27.6. The van der Waals surface area contributed by atoms with Crippen molar-refractivity contribution >= 4 is 39.1 Å². The standard InChI is InChI=1S/C23H30ClN3O5S/c1-5-20(23(29)25-6-2)26(15-17-10-8-7-9-11-17)22(28)16-27(33(4,30)31)18-12-13-21(32-3)19(24)14-18/h7-14,20H,5-6,15-16H2,1-4H3,(H,25,29)/t20-/m0/s1. The second-order valence-electron chi connectivity index (χ2n) is 7.41. The summed E-state index contributed by atoms with van der Waals surface area (Å²) in [5.41, 5.74) is 1.05. The van der Waals surface area contributed by atoms with Gasteiger partial charge in [-0.3, -0.25) is 13.9 Å². The fourth-order valence-electron chi connectivity index (χ4n) is 3.42. The number of likely N-dealkylation sites (N-methyl/N-ethyl adjacent to an activating group) is 1. The molecule has 10 heteroatoms. The lowest BCUT2D eigenvalue weighted by atomic mass is 10.1. The van der Waals surface area contributed by atoms with Gasteiger partial charge in [0, 0.05) is 13.1 Å². The van der Waals surface area contributed by atoms with Crippen molar-refractivity contribution in [2.45, 2.75) is 32.9 Å². The smallest absolute Gasteiger partial charge is 0.244 e. The Labute approximate surface area is 200 Å². The van der Waals surface area contributed by atoms with Crippen molar-refractivity contribution in [3.05, 3.63) is 59.1 Å². The minimum atomic E-state index is -3.83. The highest BCUT2D eigenvalue weighted by Crippen LogP contribution is 2.30. The molecule has 33 heavy (non-hydrogen) atoms. The van der Waals surface area contributed by atoms with E-state index >= 15 is 0 Å². The molecule has 2 rings (SSSR count). The second-order valence-corrected chi connectivity index (χ2v) is 9.73. The summed E-state index contributed by atoms with van der Waals surface area (Å²) < 4.78 is 31.3. The first-order valence-electron chi connectivity index (χ1n) is 10.5. The molecule has 0 saturated heterocycles. The number of nitrogens with zero attached hydrogens (tertiary/aromatic N) is 2. The van der Waals surface area contributed by atoms with Crippen molar-refractivity contribution < 1.29 is 22.7 Å². The number of hydrogen-bond acceptors (Lipinski definition) is 5. The number of methoxy groups -OCH3 is 1. The molecule has 2 aromatic rings. The van der Waals surface area contributed by atoms with Crippen LogP contribution in [-0.2, 0) is 26.2 Å². The van der Waals surface area contributed by atoms with Gasteiger partial charge in [-0.15, -0.1) is 0 Å². The van der Waals surface area contributed by atoms with Gasteiger partial charge in [-0.05, 0) is 37.1 Å². The molecule has 0 aliphatic rings. The Bertz CT molecular complexity index is 1060. The van der Waals surface area contributed by atoms with Crippen LogP contribution in [0.15, 0.2) is 48.5 Å². The van der Waals surface area contributed by atoms with Gasteiger partial charge in [0.2, 0.25) is 21.8 Å². The van der Waals surface area contributed by atoms with E-state index < -0.39 is 28.5 Å². The van der Waals surface area contributed by atoms with Crippen molar-refractivity contribution in [1.29, 1.82) is 0 Å². The van der Waals surface area contributed by atoms with Gasteiger partial charge < -0.3 is 15.0 Å². The molecule has 0 aliphatic carbocycles. The first kappa shape index (κ1) is 26.5. The number of sulfonamides is 1. The van der Waals surface area contributed by atoms with Gasteiger partial charge in [-0.2, -0.15) is 0 Å². The average molecular weight is 496 g/mol. The summed E-state index contributed by atoms with van der Waals surface area (Å²) in [6, 6.07) is 13.0. The minimum absolute atomic E-state index is 0.163. The SMILES string of the molecule is CCNC(=O)[C@H](CC)N(Cc1ccccc1)C(=O)CN(c1ccc(OC)c(Cl)c1)S(C)(=O)=O. The first-order chi connectivity index (χ1) is 15.6. The number of rotatable bonds is 11. The van der Waals surface area contributed by atoms with Crippen LogP contribution in [0, 0.1) is 0 Å². The molecule has 0 fully saturated rings. The van der Waals surface area contributed by atoms with Crippen LogP contribution in [0.2, 0.25) is 5.02 Å². The molecule has 0 unspecified atom stereocenters. The molecule has 0 saturated carbocycles. The number of benzene rings is 2. The monoisotopic (exact) mass is 495 g/mol. The van der Waals surface area contributed by atoms with Gasteiger partial charge in [0.25, 0.3) is 0 Å². The number of halogens is 1. The van der Waals surface area contributed by atoms with Crippen LogP contribution < -0.4 is 14.4 Å². The van der Waals surface area contributed by atoms with Gasteiger partial charge in [-0.25, -0.2) is 8.42 Å². The number of hydrogen-bond donors (Lipinski definition) is 1. The van der Waals surface area contributed by atoms with E-state index in [0.717, 1.165) is 16.1 Å². The van der Waals surface area contributed by atoms with Crippen LogP contribution >= 0.6 is 11.6 Å². The average Bonchev–Trinajstić information content (AvgIpc) is 2.77. The van der Waals surface area contributed by atoms with E-state index in [9.17, 15) is 18.0 Å². The zero-order chi connectivity index (χ0) is 24.6. The topological polar surface area (TPSA) is 96.0 Å². The summed E-state index contributed by atoms with van der Waals surface area (Å²) in [7, 11) is -2.38. The zero-order valence-corrected chi connectivity index (χ0v) is 20.8. The maximum absolute atomic E-state index is 13.5. The fraction of sp³-hybridized carbons (Fsp3) is 0.391. The lowest BCUT2D eigenvalue weighted by Gasteiger charge is -2.32. The summed E-state index contributed by atoms with van der Waals surface area (Å²) in [5, 5.41) is 2.97. The quantitative estimate of drug-likeness (QED) is 0.517. The second kappa shape index (κ2) is 11.9. The Morgan fingerprint density at radius 2 is 1.79 bits per heavy atom. The molecule has 2 amide bonds. The number of amides is 2. The van der Waals surface area contributed by atoms with Crippen molar-refractivity contribution in [2.75, 3.05) is 30.8 Å². The molecule has 1 atom stereocenters. The third kappa shape index (κ3) is 7.10. The number of anilines is 1. The third-order valence-corrected chi connectivity index (χ3v) is 6.47. The highest BCUT2D eigenvalue weighted by atomic mass is 35.5. The van der Waals surface area contributed by atoms with Gasteiger partial charge in [0.1, 0.15) is 18.3 Å².